The molecule has 0 aromatic heterocycles. The fourth-order valence-corrected chi connectivity index (χ4v) is 1.97. The highest BCUT2D eigenvalue weighted by Gasteiger charge is 2.04. The third-order valence-electron chi connectivity index (χ3n) is 3.44. The van der Waals surface area contributed by atoms with Gasteiger partial charge in [0.25, 0.3) is 11.6 Å². The van der Waals surface area contributed by atoms with Gasteiger partial charge in [-0.2, -0.15) is 5.10 Å². The summed E-state index contributed by atoms with van der Waals surface area (Å²) in [6.07, 6.45) is 1.36. The zero-order chi connectivity index (χ0) is 17.5. The Morgan fingerprint density at radius 2 is 2.00 bits per heavy atom. The number of nitro groups is 1. The van der Waals surface area contributed by atoms with Crippen molar-refractivity contribution in [3.63, 3.8) is 0 Å². The van der Waals surface area contributed by atoms with Crippen LogP contribution in [0.4, 0.5) is 11.4 Å². The number of carbonyl (C=O) groups excluding carboxylic acids is 1. The Bertz CT molecular complexity index is 787. The summed E-state index contributed by atoms with van der Waals surface area (Å²) in [5, 5.41) is 17.5. The molecule has 7 heteroatoms. The van der Waals surface area contributed by atoms with Gasteiger partial charge in [-0.05, 0) is 37.1 Å². The van der Waals surface area contributed by atoms with E-state index in [-0.39, 0.29) is 18.1 Å². The maximum absolute atomic E-state index is 11.7. The Morgan fingerprint density at radius 3 is 2.71 bits per heavy atom. The quantitative estimate of drug-likeness (QED) is 0.484. The zero-order valence-corrected chi connectivity index (χ0v) is 13.4. The second-order valence-corrected chi connectivity index (χ2v) is 5.30. The van der Waals surface area contributed by atoms with E-state index in [1.165, 1.54) is 23.9 Å². The molecule has 124 valence electrons. The standard InChI is InChI=1S/C17H18N4O3/c1-12-6-7-15(8-13(12)2)18-11-17(22)20-19-10-14-4-3-5-16(9-14)21(23)24/h3-10,18H,11H2,1-2H3,(H,20,22)/b19-10-. The molecule has 1 amide bonds. The molecule has 0 radical (unpaired) electrons. The Hall–Kier alpha value is -3.22. The lowest BCUT2D eigenvalue weighted by Gasteiger charge is -2.07. The van der Waals surface area contributed by atoms with Gasteiger partial charge in [0.05, 0.1) is 17.7 Å². The number of rotatable bonds is 6. The molecule has 0 bridgehead atoms. The molecule has 0 unspecified atom stereocenters. The normalized spacial score (nSPS) is 10.6. The van der Waals surface area contributed by atoms with Crippen LogP contribution in [-0.2, 0) is 4.79 Å². The van der Waals surface area contributed by atoms with Gasteiger partial charge in [-0.25, -0.2) is 5.43 Å². The van der Waals surface area contributed by atoms with Gasteiger partial charge in [-0.15, -0.1) is 0 Å². The van der Waals surface area contributed by atoms with E-state index in [4.69, 9.17) is 0 Å². The van der Waals surface area contributed by atoms with Crippen LogP contribution in [0.1, 0.15) is 16.7 Å². The van der Waals surface area contributed by atoms with Crippen molar-refractivity contribution < 1.29 is 9.72 Å². The molecule has 2 rings (SSSR count). The number of hydrogen-bond donors (Lipinski definition) is 2. The van der Waals surface area contributed by atoms with E-state index in [1.54, 1.807) is 12.1 Å². The molecule has 24 heavy (non-hydrogen) atoms. The van der Waals surface area contributed by atoms with Crippen LogP contribution in [0.2, 0.25) is 0 Å². The van der Waals surface area contributed by atoms with Gasteiger partial charge in [0.2, 0.25) is 0 Å². The summed E-state index contributed by atoms with van der Waals surface area (Å²) < 4.78 is 0. The first-order valence-corrected chi connectivity index (χ1v) is 7.33. The summed E-state index contributed by atoms with van der Waals surface area (Å²) >= 11 is 0. The highest BCUT2D eigenvalue weighted by Crippen LogP contribution is 2.13. The minimum Gasteiger partial charge on any atom is -0.376 e. The number of hydrogen-bond acceptors (Lipinski definition) is 5. The van der Waals surface area contributed by atoms with Crippen molar-refractivity contribution in [3.05, 3.63) is 69.3 Å². The number of nitro benzene ring substituents is 1. The Kier molecular flexibility index (Phi) is 5.62. The third kappa shape index (κ3) is 4.91. The van der Waals surface area contributed by atoms with Crippen LogP contribution >= 0.6 is 0 Å². The van der Waals surface area contributed by atoms with Crippen molar-refractivity contribution in [1.82, 2.24) is 5.43 Å². The highest BCUT2D eigenvalue weighted by atomic mass is 16.6. The summed E-state index contributed by atoms with van der Waals surface area (Å²) in [4.78, 5) is 21.9. The Balaban J connectivity index is 1.85. The van der Waals surface area contributed by atoms with Gasteiger partial charge in [0.15, 0.2) is 0 Å². The second kappa shape index (κ2) is 7.87. The zero-order valence-electron chi connectivity index (χ0n) is 13.4. The number of nitrogens with one attached hydrogen (secondary N) is 2. The predicted octanol–water partition coefficient (Wildman–Crippen LogP) is 2.77. The van der Waals surface area contributed by atoms with Crippen molar-refractivity contribution in [1.29, 1.82) is 0 Å². The smallest absolute Gasteiger partial charge is 0.270 e. The molecule has 0 aliphatic heterocycles. The molecule has 7 nitrogen and oxygen atoms in total. The molecule has 2 aromatic rings. The molecule has 0 saturated heterocycles. The number of non-ortho nitro benzene ring substituents is 1. The van der Waals surface area contributed by atoms with Crippen LogP contribution in [0.25, 0.3) is 0 Å². The van der Waals surface area contributed by atoms with E-state index < -0.39 is 4.92 Å². The number of carbonyl (C=O) groups is 1. The molecular weight excluding hydrogens is 308 g/mol. The fraction of sp³-hybridized carbons (Fsp3) is 0.176. The monoisotopic (exact) mass is 326 g/mol. The van der Waals surface area contributed by atoms with Gasteiger partial charge in [-0.1, -0.05) is 18.2 Å². The number of benzene rings is 2. The van der Waals surface area contributed by atoms with E-state index in [0.29, 0.717) is 5.56 Å². The van der Waals surface area contributed by atoms with Crippen LogP contribution in [0, 0.1) is 24.0 Å². The topological polar surface area (TPSA) is 96.6 Å². The molecule has 0 aliphatic carbocycles. The number of nitrogens with zero attached hydrogens (tertiary/aromatic N) is 2. The first kappa shape index (κ1) is 17.1. The van der Waals surface area contributed by atoms with E-state index >= 15 is 0 Å². The highest BCUT2D eigenvalue weighted by molar-refractivity contribution is 5.84. The van der Waals surface area contributed by atoms with Crippen LogP contribution < -0.4 is 10.7 Å². The minimum atomic E-state index is -0.483. The summed E-state index contributed by atoms with van der Waals surface area (Å²) in [6.45, 7) is 4.10. The molecule has 2 N–H and O–H groups in total. The molecule has 2 aromatic carbocycles. The van der Waals surface area contributed by atoms with Crippen molar-refractivity contribution in [3.8, 4) is 0 Å². The molecule has 0 aliphatic rings. The second-order valence-electron chi connectivity index (χ2n) is 5.30. The average molecular weight is 326 g/mol. The van der Waals surface area contributed by atoms with Crippen LogP contribution in [0.15, 0.2) is 47.6 Å². The number of anilines is 1. The maximum atomic E-state index is 11.7. The van der Waals surface area contributed by atoms with Crippen molar-refractivity contribution in [2.24, 2.45) is 5.10 Å². The Morgan fingerprint density at radius 1 is 1.21 bits per heavy atom. The number of hydrazone groups is 1. The van der Waals surface area contributed by atoms with E-state index in [0.717, 1.165) is 11.3 Å². The first-order chi connectivity index (χ1) is 11.5. The fourth-order valence-electron chi connectivity index (χ4n) is 1.97. The number of aryl methyl sites for hydroxylation is 2. The van der Waals surface area contributed by atoms with Crippen LogP contribution in [-0.4, -0.2) is 23.6 Å². The van der Waals surface area contributed by atoms with E-state index in [1.807, 2.05) is 32.0 Å². The molecule has 0 atom stereocenters. The summed E-state index contributed by atoms with van der Waals surface area (Å²) in [5.41, 5.74) is 6.07. The Labute approximate surface area is 139 Å². The minimum absolute atomic E-state index is 0.0262. The molecular formula is C17H18N4O3. The lowest BCUT2D eigenvalue weighted by atomic mass is 10.1. The van der Waals surface area contributed by atoms with Crippen molar-refractivity contribution >= 4 is 23.5 Å². The molecule has 0 saturated carbocycles. The largest absolute Gasteiger partial charge is 0.376 e. The molecule has 0 fully saturated rings. The summed E-state index contributed by atoms with van der Waals surface area (Å²) in [6, 6.07) is 11.8. The van der Waals surface area contributed by atoms with E-state index in [9.17, 15) is 14.9 Å². The van der Waals surface area contributed by atoms with E-state index in [2.05, 4.69) is 15.8 Å². The third-order valence-corrected chi connectivity index (χ3v) is 3.44. The first-order valence-electron chi connectivity index (χ1n) is 7.33. The molecule has 0 spiro atoms. The lowest BCUT2D eigenvalue weighted by Crippen LogP contribution is -2.25. The van der Waals surface area contributed by atoms with Gasteiger partial charge < -0.3 is 5.32 Å². The van der Waals surface area contributed by atoms with Gasteiger partial charge >= 0.3 is 0 Å². The van der Waals surface area contributed by atoms with Crippen molar-refractivity contribution in [2.45, 2.75) is 13.8 Å². The van der Waals surface area contributed by atoms with Crippen LogP contribution in [0.5, 0.6) is 0 Å². The van der Waals surface area contributed by atoms with Crippen molar-refractivity contribution in [2.75, 3.05) is 11.9 Å². The van der Waals surface area contributed by atoms with Crippen LogP contribution in [0.3, 0.4) is 0 Å². The average Bonchev–Trinajstić information content (AvgIpc) is 2.56. The lowest BCUT2D eigenvalue weighted by molar-refractivity contribution is -0.384. The van der Waals surface area contributed by atoms with Gasteiger partial charge in [0, 0.05) is 23.4 Å². The molecule has 0 heterocycles. The SMILES string of the molecule is Cc1ccc(NCC(=O)N/N=C\c2cccc([N+](=O)[O-])c2)cc1C. The van der Waals surface area contributed by atoms with Gasteiger partial charge in [0.1, 0.15) is 0 Å². The summed E-state index contributed by atoms with van der Waals surface area (Å²) in [7, 11) is 0. The summed E-state index contributed by atoms with van der Waals surface area (Å²) in [5.74, 6) is -0.310. The van der Waals surface area contributed by atoms with Gasteiger partial charge in [-0.3, -0.25) is 14.9 Å². The predicted molar refractivity (Wildman–Crippen MR) is 93.2 cm³/mol. The maximum Gasteiger partial charge on any atom is 0.270 e. The number of amides is 1.